The van der Waals surface area contributed by atoms with Gasteiger partial charge < -0.3 is 9.88 Å². The molecule has 1 atom stereocenters. The number of hydrogen-bond donors (Lipinski definition) is 1. The van der Waals surface area contributed by atoms with Crippen molar-refractivity contribution in [1.29, 1.82) is 0 Å². The Morgan fingerprint density at radius 2 is 2.23 bits per heavy atom. The van der Waals surface area contributed by atoms with E-state index in [9.17, 15) is 9.59 Å². The van der Waals surface area contributed by atoms with E-state index in [4.69, 9.17) is 0 Å². The summed E-state index contributed by atoms with van der Waals surface area (Å²) in [5.41, 5.74) is 1.74. The molecule has 1 amide bonds. The molecule has 0 aromatic carbocycles. The SMILES string of the molecule is Cc1cc(C)n([C@@H]2CCN(C(=O)c3cnc(-c4cccs4)[nH]c3=O)C2)n1. The number of thiophene rings is 1. The molecule has 8 heteroatoms. The van der Waals surface area contributed by atoms with Gasteiger partial charge in [-0.15, -0.1) is 11.3 Å². The van der Waals surface area contributed by atoms with E-state index in [2.05, 4.69) is 15.1 Å². The number of rotatable bonds is 3. The monoisotopic (exact) mass is 369 g/mol. The molecule has 0 spiro atoms. The predicted octanol–water partition coefficient (Wildman–Crippen LogP) is 2.40. The van der Waals surface area contributed by atoms with Crippen LogP contribution in [0.4, 0.5) is 0 Å². The van der Waals surface area contributed by atoms with Gasteiger partial charge in [-0.1, -0.05) is 6.07 Å². The summed E-state index contributed by atoms with van der Waals surface area (Å²) in [6.07, 6.45) is 2.21. The standard InChI is InChI=1S/C18H19N5O2S/c1-11-8-12(2)23(21-11)13-5-6-22(10-13)18(25)14-9-19-16(20-17(14)24)15-4-3-7-26-15/h3-4,7-9,13H,5-6,10H2,1-2H3,(H,19,20,24)/t13-/m1/s1. The Morgan fingerprint density at radius 1 is 1.38 bits per heavy atom. The van der Waals surface area contributed by atoms with Crippen molar-refractivity contribution in [2.24, 2.45) is 0 Å². The largest absolute Gasteiger partial charge is 0.336 e. The molecule has 0 saturated carbocycles. The van der Waals surface area contributed by atoms with Crippen LogP contribution in [0.2, 0.25) is 0 Å². The molecule has 4 heterocycles. The zero-order valence-corrected chi connectivity index (χ0v) is 15.4. The Morgan fingerprint density at radius 3 is 2.88 bits per heavy atom. The number of aromatic nitrogens is 4. The van der Waals surface area contributed by atoms with Gasteiger partial charge in [-0.25, -0.2) is 4.98 Å². The first-order chi connectivity index (χ1) is 12.5. The number of aryl methyl sites for hydroxylation is 2. The first-order valence-corrected chi connectivity index (χ1v) is 9.36. The fraction of sp³-hybridized carbons (Fsp3) is 0.333. The summed E-state index contributed by atoms with van der Waals surface area (Å²) in [5, 5.41) is 6.43. The molecule has 0 aliphatic carbocycles. The van der Waals surface area contributed by atoms with Crippen LogP contribution in [0.15, 0.2) is 34.6 Å². The molecule has 0 radical (unpaired) electrons. The normalized spacial score (nSPS) is 17.0. The van der Waals surface area contributed by atoms with E-state index in [0.717, 1.165) is 22.7 Å². The third-order valence-electron chi connectivity index (χ3n) is 4.63. The predicted molar refractivity (Wildman–Crippen MR) is 99.4 cm³/mol. The number of aromatic amines is 1. The van der Waals surface area contributed by atoms with E-state index in [-0.39, 0.29) is 17.5 Å². The van der Waals surface area contributed by atoms with Crippen molar-refractivity contribution in [3.63, 3.8) is 0 Å². The average molecular weight is 369 g/mol. The molecule has 1 aliphatic rings. The molecular weight excluding hydrogens is 350 g/mol. The number of carbonyl (C=O) groups excluding carboxylic acids is 1. The second-order valence-corrected chi connectivity index (χ2v) is 7.46. The Balaban J connectivity index is 1.53. The van der Waals surface area contributed by atoms with Crippen molar-refractivity contribution in [1.82, 2.24) is 24.6 Å². The van der Waals surface area contributed by atoms with Gasteiger partial charge in [0.05, 0.1) is 16.6 Å². The molecule has 1 N–H and O–H groups in total. The Hall–Kier alpha value is -2.74. The molecule has 1 aliphatic heterocycles. The smallest absolute Gasteiger partial charge is 0.264 e. The molecule has 7 nitrogen and oxygen atoms in total. The molecule has 3 aromatic heterocycles. The highest BCUT2D eigenvalue weighted by atomic mass is 32.1. The summed E-state index contributed by atoms with van der Waals surface area (Å²) < 4.78 is 1.98. The molecule has 1 saturated heterocycles. The lowest BCUT2D eigenvalue weighted by molar-refractivity contribution is 0.0784. The van der Waals surface area contributed by atoms with E-state index in [0.29, 0.717) is 18.9 Å². The molecular formula is C18H19N5O2S. The summed E-state index contributed by atoms with van der Waals surface area (Å²) in [7, 11) is 0. The first kappa shape index (κ1) is 16.7. The van der Waals surface area contributed by atoms with Crippen LogP contribution in [0.1, 0.15) is 34.2 Å². The number of carbonyl (C=O) groups is 1. The van der Waals surface area contributed by atoms with Gasteiger partial charge in [-0.05, 0) is 37.8 Å². The maximum absolute atomic E-state index is 12.8. The van der Waals surface area contributed by atoms with Crippen LogP contribution < -0.4 is 5.56 Å². The van der Waals surface area contributed by atoms with E-state index in [1.165, 1.54) is 17.5 Å². The highest BCUT2D eigenvalue weighted by Gasteiger charge is 2.30. The van der Waals surface area contributed by atoms with Crippen LogP contribution >= 0.6 is 11.3 Å². The fourth-order valence-corrected chi connectivity index (χ4v) is 4.07. The highest BCUT2D eigenvalue weighted by Crippen LogP contribution is 2.24. The van der Waals surface area contributed by atoms with Crippen LogP contribution in [0.3, 0.4) is 0 Å². The van der Waals surface area contributed by atoms with E-state index in [1.54, 1.807) is 4.90 Å². The molecule has 0 unspecified atom stereocenters. The zero-order valence-electron chi connectivity index (χ0n) is 14.6. The number of nitrogens with zero attached hydrogens (tertiary/aromatic N) is 4. The average Bonchev–Trinajstić information content (AvgIpc) is 3.34. The van der Waals surface area contributed by atoms with Crippen LogP contribution in [-0.4, -0.2) is 43.6 Å². The van der Waals surface area contributed by atoms with Crippen LogP contribution in [-0.2, 0) is 0 Å². The van der Waals surface area contributed by atoms with Gasteiger partial charge in [0.25, 0.3) is 11.5 Å². The van der Waals surface area contributed by atoms with Crippen LogP contribution in [0, 0.1) is 13.8 Å². The van der Waals surface area contributed by atoms with Crippen molar-refractivity contribution in [2.45, 2.75) is 26.3 Å². The van der Waals surface area contributed by atoms with Gasteiger partial charge in [0.15, 0.2) is 0 Å². The van der Waals surface area contributed by atoms with Gasteiger partial charge >= 0.3 is 0 Å². The minimum absolute atomic E-state index is 0.0827. The maximum atomic E-state index is 12.8. The van der Waals surface area contributed by atoms with Gasteiger partial charge in [-0.2, -0.15) is 5.10 Å². The van der Waals surface area contributed by atoms with Crippen LogP contribution in [0.5, 0.6) is 0 Å². The number of hydrogen-bond acceptors (Lipinski definition) is 5. The van der Waals surface area contributed by atoms with Crippen molar-refractivity contribution < 1.29 is 4.79 Å². The number of amides is 1. The van der Waals surface area contributed by atoms with Gasteiger partial charge in [0.1, 0.15) is 11.4 Å². The van der Waals surface area contributed by atoms with E-state index >= 15 is 0 Å². The fourth-order valence-electron chi connectivity index (χ4n) is 3.40. The summed E-state index contributed by atoms with van der Waals surface area (Å²) in [5.74, 6) is 0.212. The molecule has 0 bridgehead atoms. The number of likely N-dealkylation sites (tertiary alicyclic amines) is 1. The van der Waals surface area contributed by atoms with Crippen molar-refractivity contribution in [3.8, 4) is 10.7 Å². The quantitative estimate of drug-likeness (QED) is 0.768. The summed E-state index contributed by atoms with van der Waals surface area (Å²) in [6.45, 7) is 5.13. The zero-order chi connectivity index (χ0) is 18.3. The maximum Gasteiger partial charge on any atom is 0.264 e. The molecule has 3 aromatic rings. The topological polar surface area (TPSA) is 83.9 Å². The lowest BCUT2D eigenvalue weighted by atomic mass is 10.2. The minimum atomic E-state index is -0.400. The van der Waals surface area contributed by atoms with Crippen molar-refractivity contribution in [2.75, 3.05) is 13.1 Å². The summed E-state index contributed by atoms with van der Waals surface area (Å²) >= 11 is 1.49. The number of nitrogens with one attached hydrogen (secondary N) is 1. The lowest BCUT2D eigenvalue weighted by Gasteiger charge is -2.17. The molecule has 26 heavy (non-hydrogen) atoms. The van der Waals surface area contributed by atoms with E-state index < -0.39 is 5.56 Å². The van der Waals surface area contributed by atoms with Gasteiger partial charge in [0, 0.05) is 25.0 Å². The Labute approximate surface area is 154 Å². The second-order valence-electron chi connectivity index (χ2n) is 6.52. The third kappa shape index (κ3) is 2.96. The van der Waals surface area contributed by atoms with Crippen molar-refractivity contribution in [3.05, 3.63) is 57.1 Å². The summed E-state index contributed by atoms with van der Waals surface area (Å²) in [4.78, 5) is 34.7. The number of H-pyrrole nitrogens is 1. The second kappa shape index (κ2) is 6.53. The molecule has 4 rings (SSSR count). The van der Waals surface area contributed by atoms with Crippen molar-refractivity contribution >= 4 is 17.2 Å². The molecule has 1 fully saturated rings. The first-order valence-electron chi connectivity index (χ1n) is 8.48. The lowest BCUT2D eigenvalue weighted by Crippen LogP contribution is -2.33. The highest BCUT2D eigenvalue weighted by molar-refractivity contribution is 7.13. The summed E-state index contributed by atoms with van der Waals surface area (Å²) in [6, 6.07) is 5.94. The Bertz CT molecular complexity index is 1010. The third-order valence-corrected chi connectivity index (χ3v) is 5.50. The minimum Gasteiger partial charge on any atom is -0.336 e. The van der Waals surface area contributed by atoms with Gasteiger partial charge in [0.2, 0.25) is 0 Å². The molecule has 134 valence electrons. The van der Waals surface area contributed by atoms with Gasteiger partial charge in [-0.3, -0.25) is 14.3 Å². The Kier molecular flexibility index (Phi) is 4.20. The van der Waals surface area contributed by atoms with E-state index in [1.807, 2.05) is 42.1 Å². The van der Waals surface area contributed by atoms with Crippen LogP contribution in [0.25, 0.3) is 10.7 Å².